The van der Waals surface area contributed by atoms with E-state index < -0.39 is 0 Å². The van der Waals surface area contributed by atoms with Crippen LogP contribution in [-0.4, -0.2) is 48.5 Å². The number of hydrogen-bond donors (Lipinski definition) is 1. The molecule has 2 rings (SSSR count). The third kappa shape index (κ3) is 3.82. The fourth-order valence-corrected chi connectivity index (χ4v) is 3.16. The number of benzene rings is 1. The summed E-state index contributed by atoms with van der Waals surface area (Å²) in [6, 6.07) is 5.70. The summed E-state index contributed by atoms with van der Waals surface area (Å²) >= 11 is 12.3. The number of guanidine groups is 1. The second-order valence-corrected chi connectivity index (χ2v) is 5.94. The largest absolute Gasteiger partial charge is 0.370 e. The van der Waals surface area contributed by atoms with Crippen molar-refractivity contribution in [1.29, 1.82) is 0 Å². The molecule has 1 unspecified atom stereocenters. The Morgan fingerprint density at radius 3 is 2.67 bits per heavy atom. The van der Waals surface area contributed by atoms with Crippen LogP contribution in [0.4, 0.5) is 0 Å². The molecule has 0 amide bonds. The SMILES string of the molecule is CCN(CC)CCN1C(N)=NCC1c1ccc(Cl)cc1Cl. The first-order valence-electron chi connectivity index (χ1n) is 7.30. The van der Waals surface area contributed by atoms with Crippen LogP contribution >= 0.6 is 23.2 Å². The Hall–Kier alpha value is -0.970. The van der Waals surface area contributed by atoms with Crippen molar-refractivity contribution in [3.8, 4) is 0 Å². The van der Waals surface area contributed by atoms with E-state index in [9.17, 15) is 0 Å². The van der Waals surface area contributed by atoms with Crippen LogP contribution < -0.4 is 5.73 Å². The van der Waals surface area contributed by atoms with E-state index in [-0.39, 0.29) is 6.04 Å². The van der Waals surface area contributed by atoms with E-state index in [2.05, 4.69) is 28.6 Å². The predicted molar refractivity (Wildman–Crippen MR) is 90.2 cm³/mol. The van der Waals surface area contributed by atoms with Crippen molar-refractivity contribution in [2.75, 3.05) is 32.7 Å². The molecule has 0 bridgehead atoms. The summed E-state index contributed by atoms with van der Waals surface area (Å²) in [6.45, 7) is 8.86. The first-order chi connectivity index (χ1) is 10.1. The summed E-state index contributed by atoms with van der Waals surface area (Å²) in [6.07, 6.45) is 0. The molecule has 1 aliphatic heterocycles. The van der Waals surface area contributed by atoms with Gasteiger partial charge in [-0.05, 0) is 30.8 Å². The third-order valence-electron chi connectivity index (χ3n) is 3.97. The minimum atomic E-state index is 0.102. The number of nitrogens with two attached hydrogens (primary N) is 1. The first kappa shape index (κ1) is 16.4. The Kier molecular flexibility index (Phi) is 5.73. The van der Waals surface area contributed by atoms with Gasteiger partial charge in [0.25, 0.3) is 0 Å². The summed E-state index contributed by atoms with van der Waals surface area (Å²) in [5.41, 5.74) is 7.08. The summed E-state index contributed by atoms with van der Waals surface area (Å²) in [5, 5.41) is 1.32. The summed E-state index contributed by atoms with van der Waals surface area (Å²) in [5.74, 6) is 0.596. The second-order valence-electron chi connectivity index (χ2n) is 5.10. The number of rotatable bonds is 6. The summed E-state index contributed by atoms with van der Waals surface area (Å²) < 4.78 is 0. The van der Waals surface area contributed by atoms with E-state index in [0.29, 0.717) is 22.5 Å². The highest BCUT2D eigenvalue weighted by Gasteiger charge is 2.28. The van der Waals surface area contributed by atoms with E-state index in [4.69, 9.17) is 28.9 Å². The zero-order valence-electron chi connectivity index (χ0n) is 12.5. The van der Waals surface area contributed by atoms with Gasteiger partial charge in [0.15, 0.2) is 5.96 Å². The lowest BCUT2D eigenvalue weighted by molar-refractivity contribution is 0.248. The molecule has 0 aromatic heterocycles. The maximum absolute atomic E-state index is 6.33. The minimum Gasteiger partial charge on any atom is -0.370 e. The topological polar surface area (TPSA) is 44.9 Å². The van der Waals surface area contributed by atoms with Crippen LogP contribution in [0.2, 0.25) is 10.0 Å². The molecule has 2 N–H and O–H groups in total. The average molecular weight is 329 g/mol. The lowest BCUT2D eigenvalue weighted by atomic mass is 10.1. The second kappa shape index (κ2) is 7.34. The molecule has 1 aliphatic rings. The zero-order valence-corrected chi connectivity index (χ0v) is 14.0. The van der Waals surface area contributed by atoms with Gasteiger partial charge < -0.3 is 15.5 Å². The molecule has 0 fully saturated rings. The van der Waals surface area contributed by atoms with Crippen molar-refractivity contribution >= 4 is 29.2 Å². The molecule has 0 spiro atoms. The van der Waals surface area contributed by atoms with Crippen LogP contribution in [-0.2, 0) is 0 Å². The van der Waals surface area contributed by atoms with E-state index in [1.54, 1.807) is 6.07 Å². The van der Waals surface area contributed by atoms with Gasteiger partial charge in [0, 0.05) is 23.1 Å². The fourth-order valence-electron chi connectivity index (χ4n) is 2.63. The molecular weight excluding hydrogens is 307 g/mol. The molecule has 1 aromatic rings. The maximum atomic E-state index is 6.33. The van der Waals surface area contributed by atoms with Crippen molar-refractivity contribution < 1.29 is 0 Å². The van der Waals surface area contributed by atoms with E-state index in [1.807, 2.05) is 12.1 Å². The number of hydrogen-bond acceptors (Lipinski definition) is 4. The van der Waals surface area contributed by atoms with Crippen molar-refractivity contribution in [1.82, 2.24) is 9.80 Å². The molecule has 0 radical (unpaired) electrons. The van der Waals surface area contributed by atoms with Crippen LogP contribution in [0.1, 0.15) is 25.5 Å². The van der Waals surface area contributed by atoms with Gasteiger partial charge in [-0.2, -0.15) is 0 Å². The summed E-state index contributed by atoms with van der Waals surface area (Å²) in [7, 11) is 0. The van der Waals surface area contributed by atoms with E-state index >= 15 is 0 Å². The monoisotopic (exact) mass is 328 g/mol. The Morgan fingerprint density at radius 1 is 1.33 bits per heavy atom. The standard InChI is InChI=1S/C15H22Cl2N4/c1-3-20(4-2)7-8-21-14(10-19-15(21)18)12-6-5-11(16)9-13(12)17/h5-6,9,14H,3-4,7-8,10H2,1-2H3,(H2,18,19). The molecule has 0 saturated carbocycles. The molecule has 116 valence electrons. The highest BCUT2D eigenvalue weighted by atomic mass is 35.5. The van der Waals surface area contributed by atoms with E-state index in [1.165, 1.54) is 0 Å². The van der Waals surface area contributed by atoms with Crippen molar-refractivity contribution in [2.24, 2.45) is 10.7 Å². The van der Waals surface area contributed by atoms with Gasteiger partial charge >= 0.3 is 0 Å². The van der Waals surface area contributed by atoms with Gasteiger partial charge in [0.05, 0.1) is 12.6 Å². The Bertz CT molecular complexity index is 514. The average Bonchev–Trinajstić information content (AvgIpc) is 2.81. The Labute approximate surface area is 136 Å². The lowest BCUT2D eigenvalue weighted by Crippen LogP contribution is -2.41. The van der Waals surface area contributed by atoms with E-state index in [0.717, 1.165) is 31.7 Å². The van der Waals surface area contributed by atoms with Gasteiger partial charge in [0.2, 0.25) is 0 Å². The van der Waals surface area contributed by atoms with Crippen molar-refractivity contribution in [3.63, 3.8) is 0 Å². The Balaban J connectivity index is 2.12. The van der Waals surface area contributed by atoms with Crippen LogP contribution in [0.15, 0.2) is 23.2 Å². The Morgan fingerprint density at radius 2 is 2.05 bits per heavy atom. The zero-order chi connectivity index (χ0) is 15.4. The first-order valence-corrected chi connectivity index (χ1v) is 8.06. The normalized spacial score (nSPS) is 18.4. The lowest BCUT2D eigenvalue weighted by Gasteiger charge is -2.29. The fraction of sp³-hybridized carbons (Fsp3) is 0.533. The molecule has 1 aromatic carbocycles. The maximum Gasteiger partial charge on any atom is 0.191 e. The molecule has 4 nitrogen and oxygen atoms in total. The van der Waals surface area contributed by atoms with Gasteiger partial charge in [-0.25, -0.2) is 0 Å². The minimum absolute atomic E-state index is 0.102. The van der Waals surface area contributed by atoms with Crippen LogP contribution in [0.3, 0.4) is 0 Å². The molecular formula is C15H22Cl2N4. The van der Waals surface area contributed by atoms with Crippen LogP contribution in [0, 0.1) is 0 Å². The van der Waals surface area contributed by atoms with Gasteiger partial charge in [0.1, 0.15) is 0 Å². The number of likely N-dealkylation sites (N-methyl/N-ethyl adjacent to an activating group) is 1. The van der Waals surface area contributed by atoms with Gasteiger partial charge in [-0.1, -0.05) is 43.1 Å². The van der Waals surface area contributed by atoms with Crippen LogP contribution in [0.25, 0.3) is 0 Å². The van der Waals surface area contributed by atoms with Gasteiger partial charge in [-0.3, -0.25) is 4.99 Å². The molecule has 21 heavy (non-hydrogen) atoms. The van der Waals surface area contributed by atoms with Crippen LogP contribution in [0.5, 0.6) is 0 Å². The number of aliphatic imine (C=N–C) groups is 1. The highest BCUT2D eigenvalue weighted by molar-refractivity contribution is 6.35. The molecule has 0 saturated heterocycles. The smallest absolute Gasteiger partial charge is 0.191 e. The van der Waals surface area contributed by atoms with Gasteiger partial charge in [-0.15, -0.1) is 0 Å². The highest BCUT2D eigenvalue weighted by Crippen LogP contribution is 2.32. The number of nitrogens with zero attached hydrogens (tertiary/aromatic N) is 3. The quantitative estimate of drug-likeness (QED) is 0.873. The molecule has 1 atom stereocenters. The van der Waals surface area contributed by atoms with Crippen molar-refractivity contribution in [2.45, 2.75) is 19.9 Å². The van der Waals surface area contributed by atoms with Crippen molar-refractivity contribution in [3.05, 3.63) is 33.8 Å². The predicted octanol–water partition coefficient (Wildman–Crippen LogP) is 3.01. The molecule has 1 heterocycles. The molecule has 0 aliphatic carbocycles. The third-order valence-corrected chi connectivity index (χ3v) is 4.53. The molecule has 6 heteroatoms. The summed E-state index contributed by atoms with van der Waals surface area (Å²) in [4.78, 5) is 8.88. The number of halogens is 2.